The van der Waals surface area contributed by atoms with E-state index in [0.717, 1.165) is 51.0 Å². The van der Waals surface area contributed by atoms with Crippen LogP contribution in [-0.2, 0) is 4.74 Å². The molecular formula is C25H35IN4O2. The average Bonchev–Trinajstić information content (AvgIpc) is 3.58. The second kappa shape index (κ2) is 11.9. The Kier molecular flexibility index (Phi) is 9.19. The predicted octanol–water partition coefficient (Wildman–Crippen LogP) is 3.72. The van der Waals surface area contributed by atoms with Crippen molar-refractivity contribution in [3.05, 3.63) is 65.2 Å². The van der Waals surface area contributed by atoms with Gasteiger partial charge in [-0.25, -0.2) is 0 Å². The minimum absolute atomic E-state index is 0. The molecule has 0 spiro atoms. The first kappa shape index (κ1) is 24.8. The van der Waals surface area contributed by atoms with Gasteiger partial charge in [-0.3, -0.25) is 9.89 Å². The summed E-state index contributed by atoms with van der Waals surface area (Å²) in [4.78, 5) is 6.97. The van der Waals surface area contributed by atoms with Crippen LogP contribution in [0.5, 0.6) is 5.75 Å². The number of aryl methyl sites for hydroxylation is 1. The summed E-state index contributed by atoms with van der Waals surface area (Å²) in [5, 5.41) is 7.20. The molecule has 3 atom stereocenters. The Morgan fingerprint density at radius 1 is 1.16 bits per heavy atom. The number of nitrogens with zero attached hydrogens (tertiary/aromatic N) is 2. The van der Waals surface area contributed by atoms with E-state index in [-0.39, 0.29) is 30.0 Å². The summed E-state index contributed by atoms with van der Waals surface area (Å²) in [7, 11) is 3.55. The van der Waals surface area contributed by atoms with E-state index < -0.39 is 0 Å². The maximum Gasteiger partial charge on any atom is 0.191 e. The van der Waals surface area contributed by atoms with E-state index in [0.29, 0.717) is 12.0 Å². The number of aliphatic imine (C=N–C) groups is 1. The molecule has 1 aliphatic heterocycles. The molecule has 6 nitrogen and oxygen atoms in total. The summed E-state index contributed by atoms with van der Waals surface area (Å²) in [5.41, 5.74) is 4.08. The van der Waals surface area contributed by atoms with E-state index in [4.69, 9.17) is 9.47 Å². The fraction of sp³-hybridized carbons (Fsp3) is 0.480. The van der Waals surface area contributed by atoms with Gasteiger partial charge >= 0.3 is 0 Å². The molecule has 1 heterocycles. The van der Waals surface area contributed by atoms with Gasteiger partial charge in [-0.15, -0.1) is 24.0 Å². The predicted molar refractivity (Wildman–Crippen MR) is 140 cm³/mol. The molecule has 0 bridgehead atoms. The number of halogens is 1. The topological polar surface area (TPSA) is 58.1 Å². The van der Waals surface area contributed by atoms with Crippen molar-refractivity contribution in [2.75, 3.05) is 47.0 Å². The smallest absolute Gasteiger partial charge is 0.191 e. The lowest BCUT2D eigenvalue weighted by Crippen LogP contribution is -2.46. The minimum atomic E-state index is 0. The van der Waals surface area contributed by atoms with E-state index in [2.05, 4.69) is 63.8 Å². The third-order valence-corrected chi connectivity index (χ3v) is 6.37. The quantitative estimate of drug-likeness (QED) is 0.313. The van der Waals surface area contributed by atoms with Crippen LogP contribution in [-0.4, -0.2) is 63.9 Å². The lowest BCUT2D eigenvalue weighted by molar-refractivity contribution is 0.0170. The van der Waals surface area contributed by atoms with Gasteiger partial charge in [0.25, 0.3) is 0 Å². The van der Waals surface area contributed by atoms with Crippen molar-refractivity contribution < 1.29 is 9.47 Å². The van der Waals surface area contributed by atoms with Crippen LogP contribution in [0.3, 0.4) is 0 Å². The Bertz CT molecular complexity index is 884. The van der Waals surface area contributed by atoms with Crippen LogP contribution in [0.1, 0.15) is 35.1 Å². The Morgan fingerprint density at radius 2 is 1.88 bits per heavy atom. The van der Waals surface area contributed by atoms with E-state index in [1.165, 1.54) is 16.7 Å². The molecule has 0 amide bonds. The van der Waals surface area contributed by atoms with Crippen LogP contribution in [0.4, 0.5) is 0 Å². The van der Waals surface area contributed by atoms with Gasteiger partial charge in [-0.05, 0) is 42.2 Å². The molecule has 2 N–H and O–H groups in total. The molecule has 1 saturated carbocycles. The zero-order valence-corrected chi connectivity index (χ0v) is 21.5. The Balaban J connectivity index is 0.00000289. The lowest BCUT2D eigenvalue weighted by Gasteiger charge is -2.35. The Morgan fingerprint density at radius 3 is 2.53 bits per heavy atom. The number of hydrogen-bond acceptors (Lipinski definition) is 4. The van der Waals surface area contributed by atoms with Crippen molar-refractivity contribution in [2.24, 2.45) is 4.99 Å². The van der Waals surface area contributed by atoms with E-state index in [9.17, 15) is 0 Å². The highest BCUT2D eigenvalue weighted by Crippen LogP contribution is 2.42. The summed E-state index contributed by atoms with van der Waals surface area (Å²) in [6.45, 7) is 6.40. The SMILES string of the molecule is CN=C(NCC(c1ccc(OC)cc1)N1CCOCC1)NC1CC1c1ccccc1C.I. The highest BCUT2D eigenvalue weighted by Gasteiger charge is 2.39. The number of nitrogens with one attached hydrogen (secondary N) is 2. The summed E-state index contributed by atoms with van der Waals surface area (Å²) < 4.78 is 10.9. The van der Waals surface area contributed by atoms with E-state index >= 15 is 0 Å². The minimum Gasteiger partial charge on any atom is -0.497 e. The van der Waals surface area contributed by atoms with Gasteiger partial charge in [-0.1, -0.05) is 36.4 Å². The van der Waals surface area contributed by atoms with Crippen molar-refractivity contribution in [2.45, 2.75) is 31.3 Å². The third kappa shape index (κ3) is 6.14. The Labute approximate surface area is 208 Å². The standard InChI is InChI=1S/C25H34N4O2.HI/c1-18-6-4-5-7-21(18)22-16-23(22)28-25(26-2)27-17-24(29-12-14-31-15-13-29)19-8-10-20(30-3)11-9-19;/h4-11,22-24H,12-17H2,1-3H3,(H2,26,27,28);1H. The number of morpholine rings is 1. The number of methoxy groups -OCH3 is 1. The lowest BCUT2D eigenvalue weighted by atomic mass is 10.0. The van der Waals surface area contributed by atoms with Crippen molar-refractivity contribution in [1.29, 1.82) is 0 Å². The monoisotopic (exact) mass is 550 g/mol. The molecule has 174 valence electrons. The van der Waals surface area contributed by atoms with Gasteiger partial charge in [-0.2, -0.15) is 0 Å². The van der Waals surface area contributed by atoms with Crippen LogP contribution in [0.25, 0.3) is 0 Å². The van der Waals surface area contributed by atoms with Gasteiger partial charge in [0.05, 0.1) is 26.4 Å². The van der Waals surface area contributed by atoms with Gasteiger partial charge in [0.2, 0.25) is 0 Å². The molecule has 1 saturated heterocycles. The normalized spacial score (nSPS) is 21.9. The molecule has 0 aromatic heterocycles. The maximum atomic E-state index is 5.58. The first-order valence-corrected chi connectivity index (χ1v) is 11.2. The van der Waals surface area contributed by atoms with Crippen molar-refractivity contribution >= 4 is 29.9 Å². The van der Waals surface area contributed by atoms with Crippen molar-refractivity contribution in [3.63, 3.8) is 0 Å². The van der Waals surface area contributed by atoms with Crippen molar-refractivity contribution in [1.82, 2.24) is 15.5 Å². The summed E-state index contributed by atoms with van der Waals surface area (Å²) in [6, 6.07) is 17.8. The highest BCUT2D eigenvalue weighted by molar-refractivity contribution is 14.0. The highest BCUT2D eigenvalue weighted by atomic mass is 127. The van der Waals surface area contributed by atoms with Gasteiger partial charge in [0, 0.05) is 38.6 Å². The Hall–Kier alpha value is -1.84. The fourth-order valence-corrected chi connectivity index (χ4v) is 4.44. The third-order valence-electron chi connectivity index (χ3n) is 6.37. The summed E-state index contributed by atoms with van der Waals surface area (Å²) >= 11 is 0. The fourth-order valence-electron chi connectivity index (χ4n) is 4.44. The van der Waals surface area contributed by atoms with Gasteiger partial charge < -0.3 is 20.1 Å². The molecule has 2 fully saturated rings. The molecule has 32 heavy (non-hydrogen) atoms. The number of hydrogen-bond donors (Lipinski definition) is 2. The average molecular weight is 550 g/mol. The van der Waals surface area contributed by atoms with Crippen LogP contribution >= 0.6 is 24.0 Å². The molecule has 7 heteroatoms. The van der Waals surface area contributed by atoms with Gasteiger partial charge in [0.1, 0.15) is 5.75 Å². The largest absolute Gasteiger partial charge is 0.497 e. The zero-order valence-electron chi connectivity index (χ0n) is 19.2. The van der Waals surface area contributed by atoms with E-state index in [1.54, 1.807) is 7.11 Å². The van der Waals surface area contributed by atoms with Crippen LogP contribution in [0.15, 0.2) is 53.5 Å². The molecular weight excluding hydrogens is 515 g/mol. The van der Waals surface area contributed by atoms with Gasteiger partial charge in [0.15, 0.2) is 5.96 Å². The first-order valence-electron chi connectivity index (χ1n) is 11.2. The molecule has 2 aromatic rings. The molecule has 4 rings (SSSR count). The molecule has 1 aliphatic carbocycles. The zero-order chi connectivity index (χ0) is 21.6. The summed E-state index contributed by atoms with van der Waals surface area (Å²) in [5.74, 6) is 2.31. The van der Waals surface area contributed by atoms with Crippen LogP contribution < -0.4 is 15.4 Å². The maximum absolute atomic E-state index is 5.58. The summed E-state index contributed by atoms with van der Waals surface area (Å²) in [6.07, 6.45) is 1.15. The van der Waals surface area contributed by atoms with E-state index in [1.807, 2.05) is 19.2 Å². The van der Waals surface area contributed by atoms with Crippen molar-refractivity contribution in [3.8, 4) is 5.75 Å². The number of rotatable bonds is 7. The molecule has 2 aromatic carbocycles. The van der Waals surface area contributed by atoms with Crippen LogP contribution in [0, 0.1) is 6.92 Å². The number of benzene rings is 2. The number of ether oxygens (including phenoxy) is 2. The van der Waals surface area contributed by atoms with Crippen LogP contribution in [0.2, 0.25) is 0 Å². The first-order chi connectivity index (χ1) is 15.2. The second-order valence-electron chi connectivity index (χ2n) is 8.34. The second-order valence-corrected chi connectivity index (χ2v) is 8.34. The molecule has 2 aliphatic rings. The molecule has 3 unspecified atom stereocenters. The molecule has 0 radical (unpaired) electrons. The number of guanidine groups is 1.